The van der Waals surface area contributed by atoms with Gasteiger partial charge in [-0.1, -0.05) is 29.8 Å². The second-order valence-electron chi connectivity index (χ2n) is 4.25. The second-order valence-corrected chi connectivity index (χ2v) is 6.53. The molecule has 20 heavy (non-hydrogen) atoms. The fraction of sp³-hybridized carbons (Fsp3) is 0.133. The summed E-state index contributed by atoms with van der Waals surface area (Å²) >= 11 is 11.0. The number of rotatable bonds is 4. The molecule has 0 saturated carbocycles. The van der Waals surface area contributed by atoms with E-state index in [1.807, 2.05) is 49.4 Å². The van der Waals surface area contributed by atoms with Crippen molar-refractivity contribution < 1.29 is 4.79 Å². The quantitative estimate of drug-likeness (QED) is 0.755. The van der Waals surface area contributed by atoms with Gasteiger partial charge in [-0.3, -0.25) is 4.79 Å². The minimum absolute atomic E-state index is 0.0727. The topological polar surface area (TPSA) is 29.1 Å². The summed E-state index contributed by atoms with van der Waals surface area (Å²) in [5, 5.41) is 3.38. The van der Waals surface area contributed by atoms with Gasteiger partial charge in [0.25, 0.3) is 0 Å². The second kappa shape index (κ2) is 7.16. The smallest absolute Gasteiger partial charge is 0.234 e. The number of aryl methyl sites for hydroxylation is 1. The van der Waals surface area contributed by atoms with Gasteiger partial charge < -0.3 is 5.32 Å². The minimum Gasteiger partial charge on any atom is -0.324 e. The summed E-state index contributed by atoms with van der Waals surface area (Å²) in [6, 6.07) is 13.4. The number of carbonyl (C=O) groups is 1. The molecule has 2 aromatic carbocycles. The Morgan fingerprint density at radius 1 is 1.30 bits per heavy atom. The highest BCUT2D eigenvalue weighted by atomic mass is 79.9. The molecular formula is C15H13BrClNOS. The summed E-state index contributed by atoms with van der Waals surface area (Å²) in [6.45, 7) is 1.96. The lowest BCUT2D eigenvalue weighted by Gasteiger charge is -2.08. The zero-order valence-corrected chi connectivity index (χ0v) is 14.0. The summed E-state index contributed by atoms with van der Waals surface area (Å²) in [5.41, 5.74) is 1.71. The lowest BCUT2D eigenvalue weighted by molar-refractivity contribution is -0.113. The molecule has 1 amide bonds. The van der Waals surface area contributed by atoms with Crippen molar-refractivity contribution in [3.05, 3.63) is 57.5 Å². The first kappa shape index (κ1) is 15.4. The van der Waals surface area contributed by atoms with Crippen molar-refractivity contribution in [2.24, 2.45) is 0 Å². The third kappa shape index (κ3) is 4.27. The van der Waals surface area contributed by atoms with Gasteiger partial charge in [0.2, 0.25) is 5.91 Å². The molecule has 5 heteroatoms. The zero-order valence-electron chi connectivity index (χ0n) is 10.8. The van der Waals surface area contributed by atoms with E-state index in [4.69, 9.17) is 11.6 Å². The van der Waals surface area contributed by atoms with Crippen LogP contribution in [0.15, 0.2) is 51.8 Å². The van der Waals surface area contributed by atoms with Crippen LogP contribution < -0.4 is 5.32 Å². The molecule has 0 heterocycles. The third-order valence-corrected chi connectivity index (χ3v) is 4.93. The first-order valence-corrected chi connectivity index (χ1v) is 8.15. The number of benzene rings is 2. The summed E-state index contributed by atoms with van der Waals surface area (Å²) < 4.78 is 0.992. The highest BCUT2D eigenvalue weighted by Gasteiger charge is 2.08. The summed E-state index contributed by atoms with van der Waals surface area (Å²) in [5.74, 6) is 0.267. The normalized spacial score (nSPS) is 10.3. The molecular weight excluding hydrogens is 358 g/mol. The van der Waals surface area contributed by atoms with E-state index in [9.17, 15) is 4.79 Å². The molecule has 2 rings (SSSR count). The van der Waals surface area contributed by atoms with E-state index >= 15 is 0 Å². The fourth-order valence-electron chi connectivity index (χ4n) is 1.61. The molecule has 0 aliphatic carbocycles. The van der Waals surface area contributed by atoms with Crippen molar-refractivity contribution in [1.29, 1.82) is 0 Å². The van der Waals surface area contributed by atoms with E-state index in [-0.39, 0.29) is 5.91 Å². The summed E-state index contributed by atoms with van der Waals surface area (Å²) in [4.78, 5) is 13.0. The number of thioether (sulfide) groups is 1. The molecule has 0 spiro atoms. The van der Waals surface area contributed by atoms with E-state index in [0.29, 0.717) is 16.5 Å². The van der Waals surface area contributed by atoms with Crippen molar-refractivity contribution >= 4 is 50.9 Å². The maximum absolute atomic E-state index is 11.9. The number of carbonyl (C=O) groups excluding carboxylic acids is 1. The van der Waals surface area contributed by atoms with Crippen LogP contribution >= 0.6 is 39.3 Å². The van der Waals surface area contributed by atoms with Crippen LogP contribution in [0, 0.1) is 6.92 Å². The Morgan fingerprint density at radius 3 is 2.75 bits per heavy atom. The minimum atomic E-state index is -0.0727. The van der Waals surface area contributed by atoms with E-state index < -0.39 is 0 Å². The summed E-state index contributed by atoms with van der Waals surface area (Å²) in [7, 11) is 0. The number of hydrogen-bond acceptors (Lipinski definition) is 2. The van der Waals surface area contributed by atoms with Gasteiger partial charge >= 0.3 is 0 Å². The Hall–Kier alpha value is -0.970. The van der Waals surface area contributed by atoms with Crippen molar-refractivity contribution in [2.75, 3.05) is 11.1 Å². The molecule has 0 fully saturated rings. The molecule has 104 valence electrons. The molecule has 2 aromatic rings. The van der Waals surface area contributed by atoms with Gasteiger partial charge in [0.15, 0.2) is 0 Å². The van der Waals surface area contributed by atoms with E-state index in [0.717, 1.165) is 14.9 Å². The van der Waals surface area contributed by atoms with Crippen molar-refractivity contribution in [3.63, 3.8) is 0 Å². The lowest BCUT2D eigenvalue weighted by atomic mass is 10.2. The molecule has 0 radical (unpaired) electrons. The van der Waals surface area contributed by atoms with Crippen LogP contribution in [0.1, 0.15) is 5.56 Å². The van der Waals surface area contributed by atoms with Gasteiger partial charge in [-0.05, 0) is 52.7 Å². The van der Waals surface area contributed by atoms with Crippen molar-refractivity contribution in [1.82, 2.24) is 0 Å². The first-order valence-electron chi connectivity index (χ1n) is 5.99. The number of amides is 1. The third-order valence-electron chi connectivity index (χ3n) is 2.59. The zero-order chi connectivity index (χ0) is 14.5. The van der Waals surface area contributed by atoms with Crippen LogP contribution in [0.2, 0.25) is 5.02 Å². The van der Waals surface area contributed by atoms with E-state index in [1.165, 1.54) is 11.8 Å². The average Bonchev–Trinajstić information content (AvgIpc) is 2.41. The van der Waals surface area contributed by atoms with Crippen molar-refractivity contribution in [3.8, 4) is 0 Å². The van der Waals surface area contributed by atoms with Crippen LogP contribution in [0.3, 0.4) is 0 Å². The predicted octanol–water partition coefficient (Wildman–Crippen LogP) is 5.14. The molecule has 0 saturated heterocycles. The Kier molecular flexibility index (Phi) is 5.52. The SMILES string of the molecule is Cc1ccc(NC(=O)CSc2ccccc2Br)c(Cl)c1. The Labute approximate surface area is 136 Å². The van der Waals surface area contributed by atoms with Crippen LogP contribution in [0.4, 0.5) is 5.69 Å². The Bertz CT molecular complexity index is 633. The van der Waals surface area contributed by atoms with Crippen molar-refractivity contribution in [2.45, 2.75) is 11.8 Å². The maximum atomic E-state index is 11.9. The largest absolute Gasteiger partial charge is 0.324 e. The molecule has 0 atom stereocenters. The van der Waals surface area contributed by atoms with E-state index in [1.54, 1.807) is 0 Å². The number of halogens is 2. The fourth-order valence-corrected chi connectivity index (χ4v) is 3.26. The predicted molar refractivity (Wildman–Crippen MR) is 89.7 cm³/mol. The van der Waals surface area contributed by atoms with Crippen LogP contribution in [-0.4, -0.2) is 11.7 Å². The Morgan fingerprint density at radius 2 is 2.05 bits per heavy atom. The number of hydrogen-bond donors (Lipinski definition) is 1. The molecule has 0 aliphatic heterocycles. The van der Waals surface area contributed by atoms with Crippen LogP contribution in [0.5, 0.6) is 0 Å². The highest BCUT2D eigenvalue weighted by molar-refractivity contribution is 9.10. The number of anilines is 1. The maximum Gasteiger partial charge on any atom is 0.234 e. The molecule has 0 unspecified atom stereocenters. The standard InChI is InChI=1S/C15H13BrClNOS/c1-10-6-7-13(12(17)8-10)18-15(19)9-20-14-5-3-2-4-11(14)16/h2-8H,9H2,1H3,(H,18,19). The molecule has 0 bridgehead atoms. The molecule has 1 N–H and O–H groups in total. The molecule has 2 nitrogen and oxygen atoms in total. The van der Waals surface area contributed by atoms with Crippen LogP contribution in [0.25, 0.3) is 0 Å². The van der Waals surface area contributed by atoms with Gasteiger partial charge in [0.05, 0.1) is 16.5 Å². The summed E-state index contributed by atoms with van der Waals surface area (Å²) in [6.07, 6.45) is 0. The monoisotopic (exact) mass is 369 g/mol. The van der Waals surface area contributed by atoms with Crippen LogP contribution in [-0.2, 0) is 4.79 Å². The van der Waals surface area contributed by atoms with E-state index in [2.05, 4.69) is 21.2 Å². The molecule has 0 aromatic heterocycles. The molecule has 0 aliphatic rings. The van der Waals surface area contributed by atoms with Gasteiger partial charge in [-0.15, -0.1) is 11.8 Å². The van der Waals surface area contributed by atoms with Gasteiger partial charge in [0, 0.05) is 9.37 Å². The van der Waals surface area contributed by atoms with Gasteiger partial charge in [-0.2, -0.15) is 0 Å². The lowest BCUT2D eigenvalue weighted by Crippen LogP contribution is -2.14. The first-order chi connectivity index (χ1) is 9.56. The Balaban J connectivity index is 1.94. The highest BCUT2D eigenvalue weighted by Crippen LogP contribution is 2.27. The van der Waals surface area contributed by atoms with Gasteiger partial charge in [0.1, 0.15) is 0 Å². The number of nitrogens with one attached hydrogen (secondary N) is 1. The average molecular weight is 371 g/mol. The van der Waals surface area contributed by atoms with Gasteiger partial charge in [-0.25, -0.2) is 0 Å².